The SMILES string of the molecule is CN1CCC(CNC(=O)N2CCN(C(C)(C)C)CC2)CC1. The van der Waals surface area contributed by atoms with Crippen LogP contribution in [0.2, 0.25) is 0 Å². The molecule has 0 atom stereocenters. The van der Waals surface area contributed by atoms with Crippen LogP contribution in [0.1, 0.15) is 33.6 Å². The third kappa shape index (κ3) is 4.85. The van der Waals surface area contributed by atoms with Crippen LogP contribution in [-0.4, -0.2) is 79.1 Å². The Morgan fingerprint density at radius 3 is 2.14 bits per heavy atom. The lowest BCUT2D eigenvalue weighted by Crippen LogP contribution is -2.56. The van der Waals surface area contributed by atoms with E-state index < -0.39 is 0 Å². The molecule has 2 fully saturated rings. The normalized spacial score (nSPS) is 23.3. The third-order valence-corrected chi connectivity index (χ3v) is 4.90. The van der Waals surface area contributed by atoms with E-state index in [9.17, 15) is 4.79 Å². The summed E-state index contributed by atoms with van der Waals surface area (Å²) in [6.07, 6.45) is 2.41. The van der Waals surface area contributed by atoms with Crippen molar-refractivity contribution in [2.24, 2.45) is 5.92 Å². The molecule has 0 saturated carbocycles. The van der Waals surface area contributed by atoms with Crippen LogP contribution in [0.15, 0.2) is 0 Å². The molecule has 1 N–H and O–H groups in total. The van der Waals surface area contributed by atoms with E-state index in [0.717, 1.165) is 45.8 Å². The van der Waals surface area contributed by atoms with Gasteiger partial charge in [-0.05, 0) is 59.7 Å². The zero-order valence-electron chi connectivity index (χ0n) is 14.2. The zero-order chi connectivity index (χ0) is 15.5. The second-order valence-electron chi connectivity index (χ2n) is 7.58. The molecule has 2 heterocycles. The summed E-state index contributed by atoms with van der Waals surface area (Å²) in [6.45, 7) is 13.5. The minimum absolute atomic E-state index is 0.127. The van der Waals surface area contributed by atoms with E-state index in [1.165, 1.54) is 12.8 Å². The highest BCUT2D eigenvalue weighted by atomic mass is 16.2. The lowest BCUT2D eigenvalue weighted by Gasteiger charge is -2.42. The van der Waals surface area contributed by atoms with Crippen molar-refractivity contribution in [2.75, 3.05) is 52.9 Å². The van der Waals surface area contributed by atoms with Crippen LogP contribution in [0, 0.1) is 5.92 Å². The van der Waals surface area contributed by atoms with Crippen LogP contribution in [0.25, 0.3) is 0 Å². The first-order valence-corrected chi connectivity index (χ1v) is 8.32. The molecule has 5 heteroatoms. The highest BCUT2D eigenvalue weighted by Gasteiger charge is 2.28. The number of carbonyl (C=O) groups excluding carboxylic acids is 1. The Bertz CT molecular complexity index is 337. The second-order valence-corrected chi connectivity index (χ2v) is 7.58. The topological polar surface area (TPSA) is 38.8 Å². The Labute approximate surface area is 129 Å². The van der Waals surface area contributed by atoms with Crippen molar-refractivity contribution >= 4 is 6.03 Å². The van der Waals surface area contributed by atoms with Gasteiger partial charge in [-0.25, -0.2) is 4.79 Å². The van der Waals surface area contributed by atoms with Crippen molar-refractivity contribution in [1.29, 1.82) is 0 Å². The van der Waals surface area contributed by atoms with Crippen LogP contribution in [-0.2, 0) is 0 Å². The van der Waals surface area contributed by atoms with Crippen molar-refractivity contribution in [2.45, 2.75) is 39.2 Å². The number of amides is 2. The average molecular weight is 296 g/mol. The first-order valence-electron chi connectivity index (χ1n) is 8.32. The van der Waals surface area contributed by atoms with E-state index in [-0.39, 0.29) is 11.6 Å². The molecule has 0 aromatic rings. The minimum atomic E-state index is 0.127. The van der Waals surface area contributed by atoms with E-state index >= 15 is 0 Å². The standard InChI is InChI=1S/C16H32N4O/c1-16(2,3)20-11-9-19(10-12-20)15(21)17-13-14-5-7-18(4)8-6-14/h14H,5-13H2,1-4H3,(H,17,21). The van der Waals surface area contributed by atoms with Crippen molar-refractivity contribution in [1.82, 2.24) is 20.0 Å². The molecule has 2 saturated heterocycles. The summed E-state index contributed by atoms with van der Waals surface area (Å²) in [5.41, 5.74) is 0.205. The average Bonchev–Trinajstić information content (AvgIpc) is 2.45. The molecule has 0 aromatic heterocycles. The quantitative estimate of drug-likeness (QED) is 0.838. The van der Waals surface area contributed by atoms with Gasteiger partial charge in [0.15, 0.2) is 0 Å². The van der Waals surface area contributed by atoms with Gasteiger partial charge in [-0.15, -0.1) is 0 Å². The Kier molecular flexibility index (Phi) is 5.49. The van der Waals surface area contributed by atoms with Gasteiger partial charge in [-0.1, -0.05) is 0 Å². The molecule has 0 bridgehead atoms. The Morgan fingerprint density at radius 2 is 1.62 bits per heavy atom. The van der Waals surface area contributed by atoms with Gasteiger partial charge in [0.25, 0.3) is 0 Å². The van der Waals surface area contributed by atoms with Crippen molar-refractivity contribution in [3.63, 3.8) is 0 Å². The summed E-state index contributed by atoms with van der Waals surface area (Å²) >= 11 is 0. The smallest absolute Gasteiger partial charge is 0.317 e. The number of urea groups is 1. The van der Waals surface area contributed by atoms with Gasteiger partial charge < -0.3 is 15.1 Å². The fourth-order valence-corrected chi connectivity index (χ4v) is 3.19. The zero-order valence-corrected chi connectivity index (χ0v) is 14.2. The largest absolute Gasteiger partial charge is 0.338 e. The summed E-state index contributed by atoms with van der Waals surface area (Å²) in [5, 5.41) is 3.14. The lowest BCUT2D eigenvalue weighted by atomic mass is 9.97. The number of hydrogen-bond acceptors (Lipinski definition) is 3. The van der Waals surface area contributed by atoms with Gasteiger partial charge in [0.05, 0.1) is 0 Å². The number of piperazine rings is 1. The van der Waals surface area contributed by atoms with Crippen LogP contribution >= 0.6 is 0 Å². The molecule has 2 aliphatic rings. The molecule has 5 nitrogen and oxygen atoms in total. The van der Waals surface area contributed by atoms with Crippen LogP contribution < -0.4 is 5.32 Å². The minimum Gasteiger partial charge on any atom is -0.338 e. The van der Waals surface area contributed by atoms with Gasteiger partial charge in [-0.3, -0.25) is 4.90 Å². The van der Waals surface area contributed by atoms with E-state index in [2.05, 4.69) is 42.9 Å². The summed E-state index contributed by atoms with van der Waals surface area (Å²) in [7, 11) is 2.17. The predicted octanol–water partition coefficient (Wildman–Crippen LogP) is 1.45. The summed E-state index contributed by atoms with van der Waals surface area (Å²) in [6, 6.07) is 0.127. The van der Waals surface area contributed by atoms with Gasteiger partial charge in [-0.2, -0.15) is 0 Å². The molecule has 0 radical (unpaired) electrons. The number of nitrogens with one attached hydrogen (secondary N) is 1. The van der Waals surface area contributed by atoms with Gasteiger partial charge >= 0.3 is 6.03 Å². The fraction of sp³-hybridized carbons (Fsp3) is 0.938. The highest BCUT2D eigenvalue weighted by molar-refractivity contribution is 5.74. The Morgan fingerprint density at radius 1 is 1.05 bits per heavy atom. The molecule has 2 amide bonds. The second kappa shape index (κ2) is 6.97. The van der Waals surface area contributed by atoms with Crippen molar-refractivity contribution in [3.05, 3.63) is 0 Å². The maximum Gasteiger partial charge on any atom is 0.317 e. The van der Waals surface area contributed by atoms with Gasteiger partial charge in [0, 0.05) is 38.3 Å². The highest BCUT2D eigenvalue weighted by Crippen LogP contribution is 2.17. The van der Waals surface area contributed by atoms with Crippen molar-refractivity contribution in [3.8, 4) is 0 Å². The molecule has 122 valence electrons. The van der Waals surface area contributed by atoms with E-state index in [1.807, 2.05) is 4.90 Å². The summed E-state index contributed by atoms with van der Waals surface area (Å²) in [5.74, 6) is 0.654. The first kappa shape index (κ1) is 16.6. The van der Waals surface area contributed by atoms with Crippen LogP contribution in [0.4, 0.5) is 4.79 Å². The number of carbonyl (C=O) groups is 1. The number of nitrogens with zero attached hydrogens (tertiary/aromatic N) is 3. The van der Waals surface area contributed by atoms with E-state index in [1.54, 1.807) is 0 Å². The van der Waals surface area contributed by atoms with Gasteiger partial charge in [0.1, 0.15) is 0 Å². The van der Waals surface area contributed by atoms with Crippen molar-refractivity contribution < 1.29 is 4.79 Å². The molecule has 0 spiro atoms. The first-order chi connectivity index (χ1) is 9.86. The maximum absolute atomic E-state index is 12.2. The molecule has 0 aliphatic carbocycles. The summed E-state index contributed by atoms with van der Waals surface area (Å²) < 4.78 is 0. The number of hydrogen-bond donors (Lipinski definition) is 1. The summed E-state index contributed by atoms with van der Waals surface area (Å²) in [4.78, 5) is 19.0. The molecule has 21 heavy (non-hydrogen) atoms. The molecule has 2 aliphatic heterocycles. The molecule has 0 aromatic carbocycles. The molecule has 2 rings (SSSR count). The van der Waals surface area contributed by atoms with Gasteiger partial charge in [0.2, 0.25) is 0 Å². The van der Waals surface area contributed by atoms with Crippen LogP contribution in [0.3, 0.4) is 0 Å². The maximum atomic E-state index is 12.2. The third-order valence-electron chi connectivity index (χ3n) is 4.90. The Balaban J connectivity index is 1.68. The van der Waals surface area contributed by atoms with E-state index in [4.69, 9.17) is 0 Å². The Hall–Kier alpha value is -0.810. The lowest BCUT2D eigenvalue weighted by molar-refractivity contribution is 0.0738. The fourth-order valence-electron chi connectivity index (χ4n) is 3.19. The van der Waals surface area contributed by atoms with Crippen LogP contribution in [0.5, 0.6) is 0 Å². The predicted molar refractivity (Wildman–Crippen MR) is 86.5 cm³/mol. The molecule has 0 unspecified atom stereocenters. The number of piperidine rings is 1. The van der Waals surface area contributed by atoms with E-state index in [0.29, 0.717) is 5.92 Å². The molecular weight excluding hydrogens is 264 g/mol. The number of likely N-dealkylation sites (tertiary alicyclic amines) is 1. The molecular formula is C16H32N4O. The number of rotatable bonds is 2. The monoisotopic (exact) mass is 296 g/mol.